The van der Waals surface area contributed by atoms with E-state index in [1.165, 1.54) is 18.3 Å². The fourth-order valence-corrected chi connectivity index (χ4v) is 3.45. The molecule has 0 radical (unpaired) electrons. The van der Waals surface area contributed by atoms with E-state index >= 15 is 0 Å². The summed E-state index contributed by atoms with van der Waals surface area (Å²) < 4.78 is 1.74. The molecule has 33 heavy (non-hydrogen) atoms. The smallest absolute Gasteiger partial charge is 0.335 e. The summed E-state index contributed by atoms with van der Waals surface area (Å²) in [5.74, 6) is -2.79. The van der Waals surface area contributed by atoms with Gasteiger partial charge in [0.15, 0.2) is 0 Å². The number of carboxylic acid groups (broad SMARTS) is 2. The van der Waals surface area contributed by atoms with Gasteiger partial charge in [0.05, 0.1) is 17.3 Å². The molecule has 0 atom stereocenters. The van der Waals surface area contributed by atoms with Crippen molar-refractivity contribution in [2.75, 3.05) is 19.0 Å². The number of carbonyl (C=O) groups is 3. The molecule has 0 spiro atoms. The Balaban J connectivity index is 1.88. The molecular weight excluding hydrogens is 424 g/mol. The molecule has 1 aromatic heterocycles. The maximum Gasteiger partial charge on any atom is 0.335 e. The van der Waals surface area contributed by atoms with Gasteiger partial charge in [-0.15, -0.1) is 0 Å². The van der Waals surface area contributed by atoms with E-state index in [1.807, 2.05) is 38.1 Å². The number of carbonyl (C=O) groups excluding carboxylic acids is 1. The van der Waals surface area contributed by atoms with Crippen molar-refractivity contribution in [3.8, 4) is 5.69 Å². The Labute approximate surface area is 190 Å². The molecule has 0 saturated carbocycles. The lowest BCUT2D eigenvalue weighted by Crippen LogP contribution is -2.18. The van der Waals surface area contributed by atoms with Gasteiger partial charge in [-0.25, -0.2) is 15.0 Å². The van der Waals surface area contributed by atoms with Crippen LogP contribution in [0.15, 0.2) is 53.6 Å². The highest BCUT2D eigenvalue weighted by atomic mass is 16.4. The highest BCUT2D eigenvalue weighted by Crippen LogP contribution is 2.22. The summed E-state index contributed by atoms with van der Waals surface area (Å²) in [5, 5.41) is 22.8. The van der Waals surface area contributed by atoms with Gasteiger partial charge in [-0.2, -0.15) is 5.10 Å². The molecule has 0 aliphatic carbocycles. The predicted octanol–water partition coefficient (Wildman–Crippen LogP) is 3.32. The van der Waals surface area contributed by atoms with Gasteiger partial charge < -0.3 is 19.7 Å². The molecule has 0 fully saturated rings. The Morgan fingerprint density at radius 3 is 2.15 bits per heavy atom. The Bertz CT molecular complexity index is 1240. The zero-order valence-corrected chi connectivity index (χ0v) is 18.7. The summed E-state index contributed by atoms with van der Waals surface area (Å²) in [7, 11) is 3.77. The number of carboxylic acids is 2. The maximum atomic E-state index is 12.4. The average molecular weight is 448 g/mol. The molecule has 0 unspecified atom stereocenters. The van der Waals surface area contributed by atoms with Crippen LogP contribution in [0.25, 0.3) is 5.69 Å². The zero-order chi connectivity index (χ0) is 24.3. The number of amides is 1. The molecule has 3 N–H and O–H groups in total. The first-order valence-electron chi connectivity index (χ1n) is 10.00. The molecule has 170 valence electrons. The number of aromatic nitrogens is 1. The van der Waals surface area contributed by atoms with E-state index in [0.29, 0.717) is 22.5 Å². The molecule has 1 amide bonds. The van der Waals surface area contributed by atoms with Gasteiger partial charge in [-0.3, -0.25) is 4.79 Å². The van der Waals surface area contributed by atoms with Crippen LogP contribution in [-0.2, 0) is 0 Å². The monoisotopic (exact) mass is 448 g/mol. The van der Waals surface area contributed by atoms with Gasteiger partial charge in [-0.1, -0.05) is 6.07 Å². The van der Waals surface area contributed by atoms with Gasteiger partial charge >= 0.3 is 11.9 Å². The standard InChI is InChI=1S/C24H24N4O5/c1-14-8-19(13-25-26-22(29)16-6-5-7-20(10-16)27(3)4)15(2)28(14)21-11-17(23(30)31)9-18(12-21)24(32)33/h5-13H,1-4H3,(H,26,29)(H,30,31)(H,32,33)/b25-13+. The third kappa shape index (κ3) is 5.09. The molecule has 1 heterocycles. The van der Waals surface area contributed by atoms with Crippen molar-refractivity contribution in [2.24, 2.45) is 5.10 Å². The van der Waals surface area contributed by atoms with Crippen LogP contribution in [0.5, 0.6) is 0 Å². The predicted molar refractivity (Wildman–Crippen MR) is 125 cm³/mol. The molecule has 9 heteroatoms. The third-order valence-corrected chi connectivity index (χ3v) is 5.13. The summed E-state index contributed by atoms with van der Waals surface area (Å²) in [5.41, 5.74) is 6.16. The summed E-state index contributed by atoms with van der Waals surface area (Å²) in [6.07, 6.45) is 1.49. The van der Waals surface area contributed by atoms with E-state index in [4.69, 9.17) is 0 Å². The number of hydrazone groups is 1. The van der Waals surface area contributed by atoms with Crippen LogP contribution >= 0.6 is 0 Å². The highest BCUT2D eigenvalue weighted by Gasteiger charge is 2.16. The number of nitrogens with zero attached hydrogens (tertiary/aromatic N) is 3. The molecule has 0 aliphatic heterocycles. The first kappa shape index (κ1) is 23.3. The van der Waals surface area contributed by atoms with Crippen molar-refractivity contribution in [2.45, 2.75) is 13.8 Å². The van der Waals surface area contributed by atoms with Gasteiger partial charge in [0.1, 0.15) is 0 Å². The van der Waals surface area contributed by atoms with E-state index in [2.05, 4.69) is 10.5 Å². The number of anilines is 1. The highest BCUT2D eigenvalue weighted by molar-refractivity contribution is 5.96. The SMILES string of the molecule is Cc1cc(/C=N/NC(=O)c2cccc(N(C)C)c2)c(C)n1-c1cc(C(=O)O)cc(C(=O)O)c1. The van der Waals surface area contributed by atoms with Crippen LogP contribution < -0.4 is 10.3 Å². The van der Waals surface area contributed by atoms with E-state index in [9.17, 15) is 24.6 Å². The number of hydrogen-bond donors (Lipinski definition) is 3. The van der Waals surface area contributed by atoms with Crippen molar-refractivity contribution >= 4 is 29.7 Å². The number of aromatic carboxylic acids is 2. The first-order chi connectivity index (χ1) is 15.6. The van der Waals surface area contributed by atoms with Crippen molar-refractivity contribution in [3.05, 3.63) is 82.2 Å². The van der Waals surface area contributed by atoms with Crippen LogP contribution in [0.4, 0.5) is 5.69 Å². The number of aryl methyl sites for hydroxylation is 1. The second-order valence-corrected chi connectivity index (χ2v) is 7.68. The summed E-state index contributed by atoms with van der Waals surface area (Å²) >= 11 is 0. The van der Waals surface area contributed by atoms with Crippen LogP contribution in [0, 0.1) is 13.8 Å². The van der Waals surface area contributed by atoms with Crippen molar-refractivity contribution in [1.82, 2.24) is 9.99 Å². The maximum absolute atomic E-state index is 12.4. The summed E-state index contributed by atoms with van der Waals surface area (Å²) in [4.78, 5) is 37.2. The second-order valence-electron chi connectivity index (χ2n) is 7.68. The normalized spacial score (nSPS) is 10.9. The minimum absolute atomic E-state index is 0.125. The second kappa shape index (κ2) is 9.39. The summed E-state index contributed by atoms with van der Waals surface area (Å²) in [6.45, 7) is 3.61. The van der Waals surface area contributed by atoms with Crippen LogP contribution in [-0.4, -0.2) is 52.9 Å². The molecule has 9 nitrogen and oxygen atoms in total. The largest absolute Gasteiger partial charge is 0.478 e. The lowest BCUT2D eigenvalue weighted by atomic mass is 10.1. The Morgan fingerprint density at radius 2 is 1.58 bits per heavy atom. The Hall–Kier alpha value is -4.40. The van der Waals surface area contributed by atoms with Crippen LogP contribution in [0.1, 0.15) is 48.0 Å². The lowest BCUT2D eigenvalue weighted by Gasteiger charge is -2.12. The zero-order valence-electron chi connectivity index (χ0n) is 18.7. The van der Waals surface area contributed by atoms with Crippen molar-refractivity contribution < 1.29 is 24.6 Å². The fourth-order valence-electron chi connectivity index (χ4n) is 3.45. The first-order valence-corrected chi connectivity index (χ1v) is 10.00. The third-order valence-electron chi connectivity index (χ3n) is 5.13. The molecule has 0 bridgehead atoms. The Morgan fingerprint density at radius 1 is 0.939 bits per heavy atom. The van der Waals surface area contributed by atoms with Gasteiger partial charge in [-0.05, 0) is 56.3 Å². The van der Waals surface area contributed by atoms with Crippen LogP contribution in [0.2, 0.25) is 0 Å². The van der Waals surface area contributed by atoms with E-state index in [1.54, 1.807) is 29.7 Å². The number of benzene rings is 2. The van der Waals surface area contributed by atoms with Gasteiger partial charge in [0.25, 0.3) is 5.91 Å². The minimum atomic E-state index is -1.22. The van der Waals surface area contributed by atoms with E-state index in [0.717, 1.165) is 17.4 Å². The number of hydrogen-bond acceptors (Lipinski definition) is 5. The number of rotatable bonds is 7. The van der Waals surface area contributed by atoms with E-state index < -0.39 is 11.9 Å². The van der Waals surface area contributed by atoms with Crippen LogP contribution in [0.3, 0.4) is 0 Å². The number of nitrogens with one attached hydrogen (secondary N) is 1. The molecular formula is C24H24N4O5. The minimum Gasteiger partial charge on any atom is -0.478 e. The van der Waals surface area contributed by atoms with Crippen molar-refractivity contribution in [3.63, 3.8) is 0 Å². The molecule has 0 saturated heterocycles. The molecule has 0 aliphatic rings. The van der Waals surface area contributed by atoms with Gasteiger partial charge in [0.2, 0.25) is 0 Å². The topological polar surface area (TPSA) is 124 Å². The van der Waals surface area contributed by atoms with Gasteiger partial charge in [0, 0.05) is 48.0 Å². The molecule has 2 aromatic carbocycles. The quantitative estimate of drug-likeness (QED) is 0.376. The fraction of sp³-hybridized carbons (Fsp3) is 0.167. The summed E-state index contributed by atoms with van der Waals surface area (Å²) in [6, 6.07) is 12.9. The molecule has 3 rings (SSSR count). The Kier molecular flexibility index (Phi) is 6.62. The lowest BCUT2D eigenvalue weighted by molar-refractivity contribution is 0.0696. The van der Waals surface area contributed by atoms with Crippen molar-refractivity contribution in [1.29, 1.82) is 0 Å². The van der Waals surface area contributed by atoms with E-state index in [-0.39, 0.29) is 17.0 Å². The molecule has 3 aromatic rings. The average Bonchev–Trinajstić information content (AvgIpc) is 3.06.